The summed E-state index contributed by atoms with van der Waals surface area (Å²) in [5, 5.41) is 8.59. The second-order valence-electron chi connectivity index (χ2n) is 6.17. The van der Waals surface area contributed by atoms with Crippen molar-refractivity contribution in [2.45, 2.75) is 42.4 Å². The second kappa shape index (κ2) is 6.85. The Balaban J connectivity index is 1.73. The second-order valence-corrected chi connectivity index (χ2v) is 9.39. The molecule has 25 heavy (non-hydrogen) atoms. The number of aryl methyl sites for hydroxylation is 1. The fraction of sp³-hybridized carbons (Fsp3) is 0.533. The molecule has 2 heterocycles. The Labute approximate surface area is 150 Å². The van der Waals surface area contributed by atoms with Crippen LogP contribution in [0.1, 0.15) is 37.4 Å². The molecule has 3 rings (SSSR count). The van der Waals surface area contributed by atoms with E-state index < -0.39 is 15.6 Å². The van der Waals surface area contributed by atoms with Gasteiger partial charge in [-0.05, 0) is 24.3 Å². The van der Waals surface area contributed by atoms with Crippen LogP contribution in [-0.4, -0.2) is 42.4 Å². The van der Waals surface area contributed by atoms with E-state index in [2.05, 4.69) is 15.5 Å². The maximum atomic E-state index is 12.5. The predicted molar refractivity (Wildman–Crippen MR) is 91.5 cm³/mol. The highest BCUT2D eigenvalue weighted by Crippen LogP contribution is 2.37. The molecule has 0 atom stereocenters. The quantitative estimate of drug-likeness (QED) is 0.812. The molecule has 10 heteroatoms. The highest BCUT2D eigenvalue weighted by molar-refractivity contribution is 7.91. The van der Waals surface area contributed by atoms with Crippen molar-refractivity contribution in [2.75, 3.05) is 13.6 Å². The van der Waals surface area contributed by atoms with Crippen molar-refractivity contribution in [2.24, 2.45) is 0 Å². The molecule has 1 aliphatic rings. The molecule has 0 unspecified atom stereocenters. The van der Waals surface area contributed by atoms with Crippen molar-refractivity contribution in [3.8, 4) is 0 Å². The highest BCUT2D eigenvalue weighted by atomic mass is 32.2. The van der Waals surface area contributed by atoms with Crippen LogP contribution in [-0.2, 0) is 20.4 Å². The van der Waals surface area contributed by atoms with E-state index in [9.17, 15) is 13.2 Å². The molecule has 1 N–H and O–H groups in total. The lowest BCUT2D eigenvalue weighted by atomic mass is 9.96. The van der Waals surface area contributed by atoms with Gasteiger partial charge in [0.25, 0.3) is 10.0 Å². The number of sulfonamides is 1. The molecule has 0 spiro atoms. The monoisotopic (exact) mass is 384 g/mol. The summed E-state index contributed by atoms with van der Waals surface area (Å²) in [6.07, 6.45) is 3.30. The van der Waals surface area contributed by atoms with Gasteiger partial charge in [-0.1, -0.05) is 24.1 Å². The van der Waals surface area contributed by atoms with E-state index in [0.29, 0.717) is 24.6 Å². The first-order valence-electron chi connectivity index (χ1n) is 7.95. The van der Waals surface area contributed by atoms with Crippen LogP contribution in [0.4, 0.5) is 0 Å². The highest BCUT2D eigenvalue weighted by Gasteiger charge is 2.41. The van der Waals surface area contributed by atoms with E-state index in [1.54, 1.807) is 18.4 Å². The van der Waals surface area contributed by atoms with Crippen LogP contribution in [0, 0.1) is 6.92 Å². The number of hydrogen-bond acceptors (Lipinski definition) is 7. The summed E-state index contributed by atoms with van der Waals surface area (Å²) in [7, 11) is -2.27. The molecular formula is C15H20N4O4S2. The number of likely N-dealkylation sites (N-methyl/N-ethyl adjacent to an activating group) is 1. The molecule has 0 radical (unpaired) electrons. The molecule has 0 saturated heterocycles. The number of amides is 1. The van der Waals surface area contributed by atoms with Gasteiger partial charge in [-0.3, -0.25) is 4.79 Å². The van der Waals surface area contributed by atoms with Crippen LogP contribution < -0.4 is 5.32 Å². The Bertz CT molecular complexity index is 839. The van der Waals surface area contributed by atoms with Gasteiger partial charge in [0.15, 0.2) is 5.82 Å². The summed E-state index contributed by atoms with van der Waals surface area (Å²) >= 11 is 1.12. The van der Waals surface area contributed by atoms with Crippen LogP contribution in [0.5, 0.6) is 0 Å². The summed E-state index contributed by atoms with van der Waals surface area (Å²) in [5.41, 5.74) is -0.678. The maximum Gasteiger partial charge on any atom is 0.252 e. The third-order valence-electron chi connectivity index (χ3n) is 4.32. The van der Waals surface area contributed by atoms with E-state index in [0.717, 1.165) is 28.5 Å². The van der Waals surface area contributed by atoms with Crippen LogP contribution >= 0.6 is 11.3 Å². The molecule has 1 saturated carbocycles. The van der Waals surface area contributed by atoms with Gasteiger partial charge in [0.1, 0.15) is 9.75 Å². The zero-order valence-corrected chi connectivity index (χ0v) is 15.7. The van der Waals surface area contributed by atoms with Crippen molar-refractivity contribution in [3.63, 3.8) is 0 Å². The summed E-state index contributed by atoms with van der Waals surface area (Å²) in [6, 6.07) is 3.19. The Morgan fingerprint density at radius 3 is 2.72 bits per heavy atom. The number of nitrogens with one attached hydrogen (secondary N) is 1. The zero-order valence-electron chi connectivity index (χ0n) is 14.1. The molecule has 0 aromatic carbocycles. The summed E-state index contributed by atoms with van der Waals surface area (Å²) in [4.78, 5) is 16.8. The lowest BCUT2D eigenvalue weighted by Crippen LogP contribution is -2.48. The van der Waals surface area contributed by atoms with Crippen molar-refractivity contribution >= 4 is 27.3 Å². The lowest BCUT2D eigenvalue weighted by molar-refractivity contribution is -0.123. The summed E-state index contributed by atoms with van der Waals surface area (Å²) in [5.74, 6) is 0.513. The average Bonchev–Trinajstić information content (AvgIpc) is 3.28. The molecular weight excluding hydrogens is 364 g/mol. The Morgan fingerprint density at radius 1 is 1.44 bits per heavy atom. The number of aromatic nitrogens is 2. The molecule has 2 aromatic rings. The summed E-state index contributed by atoms with van der Waals surface area (Å²) < 4.78 is 31.2. The maximum absolute atomic E-state index is 12.5. The predicted octanol–water partition coefficient (Wildman–Crippen LogP) is 1.65. The minimum absolute atomic E-state index is 0.215. The Hall–Kier alpha value is -1.78. The fourth-order valence-corrected chi connectivity index (χ4v) is 5.36. The van der Waals surface area contributed by atoms with E-state index in [1.807, 2.05) is 0 Å². The molecule has 0 aliphatic heterocycles. The zero-order chi connectivity index (χ0) is 18.1. The first-order chi connectivity index (χ1) is 11.8. The van der Waals surface area contributed by atoms with Crippen LogP contribution in [0.2, 0.25) is 0 Å². The van der Waals surface area contributed by atoms with Crippen LogP contribution in [0.15, 0.2) is 26.2 Å². The first-order valence-corrected chi connectivity index (χ1v) is 10.3. The van der Waals surface area contributed by atoms with E-state index in [1.165, 1.54) is 13.1 Å². The van der Waals surface area contributed by atoms with Gasteiger partial charge in [0, 0.05) is 14.0 Å². The molecule has 1 aliphatic carbocycles. The fourth-order valence-electron chi connectivity index (χ4n) is 3.03. The third-order valence-corrected chi connectivity index (χ3v) is 7.49. The van der Waals surface area contributed by atoms with Crippen molar-refractivity contribution in [1.29, 1.82) is 0 Å². The van der Waals surface area contributed by atoms with E-state index in [4.69, 9.17) is 4.52 Å². The largest absolute Gasteiger partial charge is 0.342 e. The summed E-state index contributed by atoms with van der Waals surface area (Å²) in [6.45, 7) is 1.43. The van der Waals surface area contributed by atoms with E-state index >= 15 is 0 Å². The lowest BCUT2D eigenvalue weighted by Gasteiger charge is -2.27. The molecule has 136 valence electrons. The molecule has 1 fully saturated rings. The van der Waals surface area contributed by atoms with Gasteiger partial charge < -0.3 is 9.84 Å². The topological polar surface area (TPSA) is 105 Å². The Kier molecular flexibility index (Phi) is 4.94. The van der Waals surface area contributed by atoms with Crippen molar-refractivity contribution < 1.29 is 17.7 Å². The number of carbonyl (C=O) groups excluding carboxylic acids is 1. The molecule has 0 bridgehead atoms. The van der Waals surface area contributed by atoms with Crippen LogP contribution in [0.3, 0.4) is 0 Å². The van der Waals surface area contributed by atoms with Gasteiger partial charge in [-0.25, -0.2) is 8.42 Å². The van der Waals surface area contributed by atoms with E-state index in [-0.39, 0.29) is 16.7 Å². The number of carbonyl (C=O) groups is 1. The van der Waals surface area contributed by atoms with Gasteiger partial charge in [-0.15, -0.1) is 11.3 Å². The number of thiophene rings is 1. The molecule has 1 amide bonds. The number of hydrogen-bond donors (Lipinski definition) is 1. The van der Waals surface area contributed by atoms with Crippen molar-refractivity contribution in [3.05, 3.63) is 29.2 Å². The third kappa shape index (κ3) is 3.60. The molecule has 2 aromatic heterocycles. The SMILES string of the molecule is Cc1nc(C2(NC(=O)CN(C)S(=O)(=O)c3cccs3)CCCC2)no1. The Morgan fingerprint density at radius 2 is 2.16 bits per heavy atom. The van der Waals surface area contributed by atoms with Gasteiger partial charge in [0.2, 0.25) is 11.8 Å². The normalized spacial score (nSPS) is 17.1. The minimum atomic E-state index is -3.66. The molecule has 8 nitrogen and oxygen atoms in total. The van der Waals surface area contributed by atoms with Gasteiger partial charge >= 0.3 is 0 Å². The van der Waals surface area contributed by atoms with Gasteiger partial charge in [0.05, 0.1) is 6.54 Å². The minimum Gasteiger partial charge on any atom is -0.342 e. The average molecular weight is 384 g/mol. The number of rotatable bonds is 6. The van der Waals surface area contributed by atoms with Crippen LogP contribution in [0.25, 0.3) is 0 Å². The van der Waals surface area contributed by atoms with Gasteiger partial charge in [-0.2, -0.15) is 9.29 Å². The standard InChI is InChI=1S/C15H20N4O4S2/c1-11-16-14(18-23-11)15(7-3-4-8-15)17-12(20)10-19(2)25(21,22)13-6-5-9-24-13/h5-6,9H,3-4,7-8,10H2,1-2H3,(H,17,20). The first kappa shape index (κ1) is 18.0. The number of nitrogens with zero attached hydrogens (tertiary/aromatic N) is 3. The van der Waals surface area contributed by atoms with Crippen molar-refractivity contribution in [1.82, 2.24) is 19.8 Å². The smallest absolute Gasteiger partial charge is 0.252 e.